The second-order valence-electron chi connectivity index (χ2n) is 7.22. The van der Waals surface area contributed by atoms with Crippen LogP contribution in [0, 0.1) is 0 Å². The van der Waals surface area contributed by atoms with Gasteiger partial charge in [-0.2, -0.15) is 0 Å². The molecule has 1 fully saturated rings. The second-order valence-corrected chi connectivity index (χ2v) is 7.22. The molecule has 10 nitrogen and oxygen atoms in total. The lowest BCUT2D eigenvalue weighted by molar-refractivity contribution is -0.136. The number of H-pyrrole nitrogens is 1. The number of rotatable bonds is 3. The van der Waals surface area contributed by atoms with Gasteiger partial charge in [0.2, 0.25) is 11.8 Å². The first-order valence-electron chi connectivity index (χ1n) is 9.37. The maximum absolute atomic E-state index is 12.9. The molecule has 0 saturated carbocycles. The number of imidazole rings is 1. The predicted molar refractivity (Wildman–Crippen MR) is 104 cm³/mol. The molecule has 0 aliphatic carbocycles. The highest BCUT2D eigenvalue weighted by atomic mass is 16.2. The van der Waals surface area contributed by atoms with E-state index in [1.54, 1.807) is 24.3 Å². The highest BCUT2D eigenvalue weighted by Crippen LogP contribution is 2.29. The van der Waals surface area contributed by atoms with Crippen LogP contribution < -0.4 is 10.6 Å². The van der Waals surface area contributed by atoms with Gasteiger partial charge in [-0.05, 0) is 30.2 Å². The first-order valence-corrected chi connectivity index (χ1v) is 9.37. The summed E-state index contributed by atoms with van der Waals surface area (Å²) < 4.78 is 0. The number of pyridine rings is 1. The number of hydrogen-bond acceptors (Lipinski definition) is 6. The van der Waals surface area contributed by atoms with Crippen molar-refractivity contribution in [2.45, 2.75) is 25.4 Å². The first kappa shape index (κ1) is 18.0. The Morgan fingerprint density at radius 2 is 2.03 bits per heavy atom. The zero-order valence-corrected chi connectivity index (χ0v) is 15.6. The van der Waals surface area contributed by atoms with Crippen LogP contribution in [0.2, 0.25) is 0 Å². The highest BCUT2D eigenvalue weighted by Gasteiger charge is 2.39. The molecule has 2 aliphatic heterocycles. The van der Waals surface area contributed by atoms with Crippen LogP contribution >= 0.6 is 0 Å². The maximum atomic E-state index is 12.9. The minimum absolute atomic E-state index is 0.201. The van der Waals surface area contributed by atoms with Crippen molar-refractivity contribution in [1.29, 1.82) is 0 Å². The average molecular weight is 404 g/mol. The number of hydrogen-bond donors (Lipinski definition) is 3. The van der Waals surface area contributed by atoms with Crippen LogP contribution in [0.3, 0.4) is 0 Å². The monoisotopic (exact) mass is 404 g/mol. The van der Waals surface area contributed by atoms with Gasteiger partial charge >= 0.3 is 0 Å². The fourth-order valence-corrected chi connectivity index (χ4v) is 3.79. The van der Waals surface area contributed by atoms with E-state index in [0.717, 1.165) is 5.56 Å². The van der Waals surface area contributed by atoms with Crippen molar-refractivity contribution in [3.63, 3.8) is 0 Å². The van der Waals surface area contributed by atoms with Gasteiger partial charge in [0.1, 0.15) is 11.6 Å². The molecule has 150 valence electrons. The van der Waals surface area contributed by atoms with Gasteiger partial charge in [-0.25, -0.2) is 9.97 Å². The number of piperidine rings is 1. The number of aromatic amines is 1. The molecule has 0 spiro atoms. The normalized spacial score (nSPS) is 18.5. The molecule has 3 N–H and O–H groups in total. The van der Waals surface area contributed by atoms with Crippen molar-refractivity contribution in [3.8, 4) is 0 Å². The van der Waals surface area contributed by atoms with Crippen LogP contribution in [-0.4, -0.2) is 49.5 Å². The molecule has 1 aromatic carbocycles. The maximum Gasteiger partial charge on any atom is 0.257 e. The Morgan fingerprint density at radius 3 is 2.87 bits per heavy atom. The molecule has 10 heteroatoms. The van der Waals surface area contributed by atoms with E-state index in [0.29, 0.717) is 34.4 Å². The fourth-order valence-electron chi connectivity index (χ4n) is 3.79. The lowest BCUT2D eigenvalue weighted by Gasteiger charge is -2.29. The predicted octanol–water partition coefficient (Wildman–Crippen LogP) is 0.971. The van der Waals surface area contributed by atoms with Crippen molar-refractivity contribution in [1.82, 2.24) is 25.2 Å². The molecule has 1 unspecified atom stereocenters. The Labute approximate surface area is 169 Å². The summed E-state index contributed by atoms with van der Waals surface area (Å²) in [6, 6.07) is 6.01. The molecule has 5 rings (SSSR count). The lowest BCUT2D eigenvalue weighted by Crippen LogP contribution is -2.52. The lowest BCUT2D eigenvalue weighted by atomic mass is 10.0. The van der Waals surface area contributed by atoms with Crippen LogP contribution in [0.4, 0.5) is 5.69 Å². The summed E-state index contributed by atoms with van der Waals surface area (Å²) >= 11 is 0. The van der Waals surface area contributed by atoms with E-state index in [-0.39, 0.29) is 30.7 Å². The van der Waals surface area contributed by atoms with Crippen LogP contribution in [0.5, 0.6) is 0 Å². The topological polar surface area (TPSA) is 137 Å². The summed E-state index contributed by atoms with van der Waals surface area (Å²) in [6.07, 6.45) is 3.45. The SMILES string of the molecule is O=C1CCC(N2Cc3ccc(NC(=O)c4cnc5[nH]cnc5c4)cc3C2=O)C(=O)N1. The smallest absolute Gasteiger partial charge is 0.257 e. The van der Waals surface area contributed by atoms with E-state index in [2.05, 4.69) is 25.6 Å². The van der Waals surface area contributed by atoms with E-state index in [4.69, 9.17) is 0 Å². The number of anilines is 1. The van der Waals surface area contributed by atoms with Crippen LogP contribution in [0.25, 0.3) is 11.2 Å². The highest BCUT2D eigenvalue weighted by molar-refractivity contribution is 6.08. The van der Waals surface area contributed by atoms with Gasteiger partial charge < -0.3 is 15.2 Å². The number of carbonyl (C=O) groups is 4. The quantitative estimate of drug-likeness (QED) is 0.556. The minimum Gasteiger partial charge on any atom is -0.329 e. The summed E-state index contributed by atoms with van der Waals surface area (Å²) in [4.78, 5) is 61.5. The Hall–Kier alpha value is -4.08. The number of carbonyl (C=O) groups excluding carboxylic acids is 4. The van der Waals surface area contributed by atoms with E-state index in [9.17, 15) is 19.2 Å². The van der Waals surface area contributed by atoms with Crippen molar-refractivity contribution < 1.29 is 19.2 Å². The van der Waals surface area contributed by atoms with Crippen molar-refractivity contribution in [2.75, 3.05) is 5.32 Å². The molecule has 4 amide bonds. The Balaban J connectivity index is 1.35. The molecule has 1 atom stereocenters. The van der Waals surface area contributed by atoms with E-state index < -0.39 is 11.9 Å². The van der Waals surface area contributed by atoms with Crippen LogP contribution in [0.1, 0.15) is 39.1 Å². The van der Waals surface area contributed by atoms with Crippen LogP contribution in [0.15, 0.2) is 36.8 Å². The van der Waals surface area contributed by atoms with Gasteiger partial charge in [0, 0.05) is 30.4 Å². The Bertz CT molecular complexity index is 1230. The number of nitrogens with zero attached hydrogens (tertiary/aromatic N) is 3. The Kier molecular flexibility index (Phi) is 4.05. The number of nitrogens with one attached hydrogen (secondary N) is 3. The Morgan fingerprint density at radius 1 is 1.17 bits per heavy atom. The van der Waals surface area contributed by atoms with Crippen molar-refractivity contribution >= 4 is 40.5 Å². The molecule has 0 bridgehead atoms. The van der Waals surface area contributed by atoms with Gasteiger partial charge in [0.25, 0.3) is 11.8 Å². The largest absolute Gasteiger partial charge is 0.329 e. The van der Waals surface area contributed by atoms with Gasteiger partial charge in [-0.1, -0.05) is 6.07 Å². The molecule has 0 radical (unpaired) electrons. The molecule has 2 aliphatic rings. The first-order chi connectivity index (χ1) is 14.5. The van der Waals surface area contributed by atoms with Crippen molar-refractivity contribution in [3.05, 3.63) is 53.5 Å². The summed E-state index contributed by atoms with van der Waals surface area (Å²) in [5, 5.41) is 5.04. The van der Waals surface area contributed by atoms with Gasteiger partial charge in [0.05, 0.1) is 11.9 Å². The number of imide groups is 1. The van der Waals surface area contributed by atoms with Gasteiger partial charge in [-0.3, -0.25) is 24.5 Å². The molecule has 2 aromatic heterocycles. The summed E-state index contributed by atoms with van der Waals surface area (Å²) in [7, 11) is 0. The van der Waals surface area contributed by atoms with E-state index >= 15 is 0 Å². The van der Waals surface area contributed by atoms with Crippen molar-refractivity contribution in [2.24, 2.45) is 0 Å². The summed E-state index contributed by atoms with van der Waals surface area (Å²) in [5.41, 5.74) is 3.15. The molecular weight excluding hydrogens is 388 g/mol. The zero-order valence-electron chi connectivity index (χ0n) is 15.6. The fraction of sp³-hybridized carbons (Fsp3) is 0.200. The third-order valence-electron chi connectivity index (χ3n) is 5.32. The number of fused-ring (bicyclic) bond motifs is 2. The van der Waals surface area contributed by atoms with E-state index in [1.165, 1.54) is 17.4 Å². The number of aromatic nitrogens is 3. The van der Waals surface area contributed by atoms with E-state index in [1.807, 2.05) is 0 Å². The average Bonchev–Trinajstić information content (AvgIpc) is 3.32. The molecule has 30 heavy (non-hydrogen) atoms. The molecule has 1 saturated heterocycles. The second kappa shape index (κ2) is 6.76. The zero-order chi connectivity index (χ0) is 20.8. The summed E-state index contributed by atoms with van der Waals surface area (Å²) in [5.74, 6) is -1.45. The van der Waals surface area contributed by atoms with Crippen LogP contribution in [-0.2, 0) is 16.1 Å². The number of benzene rings is 1. The van der Waals surface area contributed by atoms with Gasteiger partial charge in [-0.15, -0.1) is 0 Å². The third-order valence-corrected chi connectivity index (χ3v) is 5.32. The molecule has 3 aromatic rings. The van der Waals surface area contributed by atoms with Gasteiger partial charge in [0.15, 0.2) is 5.65 Å². The summed E-state index contributed by atoms with van der Waals surface area (Å²) in [6.45, 7) is 0.286. The molecule has 4 heterocycles. The molecular formula is C20H16N6O4. The third kappa shape index (κ3) is 2.98. The number of amides is 4. The minimum atomic E-state index is -0.674. The standard InChI is InChI=1S/C20H16N6O4/c27-16-4-3-15(19(29)25-16)26-8-10-1-2-12(6-13(10)20(26)30)24-18(28)11-5-14-17(21-7-11)23-9-22-14/h1-2,5-7,9,15H,3-4,8H2,(H,24,28)(H,21,22,23)(H,25,27,29).